The molecule has 6 heteroatoms. The molecule has 1 N–H and O–H groups in total. The van der Waals surface area contributed by atoms with Crippen molar-refractivity contribution in [3.05, 3.63) is 11.5 Å². The van der Waals surface area contributed by atoms with Crippen molar-refractivity contribution in [1.82, 2.24) is 0 Å². The zero-order valence-corrected chi connectivity index (χ0v) is 8.53. The fourth-order valence-corrected chi connectivity index (χ4v) is 2.94. The van der Waals surface area contributed by atoms with E-state index in [0.717, 1.165) is 5.41 Å². The van der Waals surface area contributed by atoms with Crippen molar-refractivity contribution in [2.24, 2.45) is 0 Å². The predicted octanol–water partition coefficient (Wildman–Crippen LogP) is 0.177. The van der Waals surface area contributed by atoms with Crippen LogP contribution in [0, 0.1) is 0 Å². The molecule has 1 fully saturated rings. The van der Waals surface area contributed by atoms with Crippen molar-refractivity contribution in [2.45, 2.75) is 24.7 Å². The van der Waals surface area contributed by atoms with Crippen LogP contribution in [-0.4, -0.2) is 37.5 Å². The molecule has 1 saturated heterocycles. The van der Waals surface area contributed by atoms with Crippen LogP contribution in [0.25, 0.3) is 0 Å². The second-order valence-corrected chi connectivity index (χ2v) is 5.19. The Morgan fingerprint density at radius 1 is 1.57 bits per heavy atom. The maximum atomic E-state index is 11.5. The second-order valence-electron chi connectivity index (χ2n) is 3.13. The molecule has 0 saturated carbocycles. The Hall–Kier alpha value is -0.880. The van der Waals surface area contributed by atoms with Crippen molar-refractivity contribution in [2.75, 3.05) is 6.61 Å². The SMILES string of the molecule is CC1OCCC1S(=O)(=O)/C=C/C(=O)O. The molecule has 0 amide bonds. The molecule has 1 rings (SSSR count). The van der Waals surface area contributed by atoms with Crippen LogP contribution in [0.1, 0.15) is 13.3 Å². The molecule has 0 spiro atoms. The Morgan fingerprint density at radius 2 is 2.21 bits per heavy atom. The molecule has 0 bridgehead atoms. The van der Waals surface area contributed by atoms with Gasteiger partial charge in [-0.15, -0.1) is 0 Å². The molecule has 0 aromatic rings. The van der Waals surface area contributed by atoms with Crippen molar-refractivity contribution >= 4 is 15.8 Å². The average Bonchev–Trinajstić information content (AvgIpc) is 2.48. The molecule has 2 atom stereocenters. The molecule has 2 unspecified atom stereocenters. The summed E-state index contributed by atoms with van der Waals surface area (Å²) < 4.78 is 28.1. The minimum absolute atomic E-state index is 0.363. The third-order valence-corrected chi connectivity index (χ3v) is 4.11. The normalized spacial score (nSPS) is 28.4. The van der Waals surface area contributed by atoms with Gasteiger partial charge in [0.15, 0.2) is 9.84 Å². The number of carbonyl (C=O) groups is 1. The van der Waals surface area contributed by atoms with Gasteiger partial charge in [0, 0.05) is 18.1 Å². The van der Waals surface area contributed by atoms with Gasteiger partial charge in [-0.05, 0) is 13.3 Å². The summed E-state index contributed by atoms with van der Waals surface area (Å²) in [5, 5.41) is 8.43. The Kier molecular flexibility index (Phi) is 3.28. The van der Waals surface area contributed by atoms with Crippen LogP contribution in [0.15, 0.2) is 11.5 Å². The van der Waals surface area contributed by atoms with Crippen molar-refractivity contribution in [3.63, 3.8) is 0 Å². The molecular weight excluding hydrogens is 208 g/mol. The number of hydrogen-bond donors (Lipinski definition) is 1. The molecule has 5 nitrogen and oxygen atoms in total. The van der Waals surface area contributed by atoms with Crippen LogP contribution in [0.5, 0.6) is 0 Å². The number of aliphatic carboxylic acids is 1. The Bertz CT molecular complexity index is 343. The molecule has 14 heavy (non-hydrogen) atoms. The van der Waals surface area contributed by atoms with Crippen molar-refractivity contribution in [3.8, 4) is 0 Å². The van der Waals surface area contributed by atoms with E-state index in [1.165, 1.54) is 0 Å². The van der Waals surface area contributed by atoms with Crippen molar-refractivity contribution in [1.29, 1.82) is 0 Å². The second kappa shape index (κ2) is 4.10. The van der Waals surface area contributed by atoms with E-state index < -0.39 is 21.1 Å². The van der Waals surface area contributed by atoms with Crippen LogP contribution in [0.3, 0.4) is 0 Å². The number of hydrogen-bond acceptors (Lipinski definition) is 4. The van der Waals surface area contributed by atoms with Gasteiger partial charge < -0.3 is 9.84 Å². The maximum Gasteiger partial charge on any atom is 0.329 e. The van der Waals surface area contributed by atoms with Gasteiger partial charge in [0.25, 0.3) is 0 Å². The first kappa shape index (κ1) is 11.2. The topological polar surface area (TPSA) is 80.7 Å². The lowest BCUT2D eigenvalue weighted by molar-refractivity contribution is -0.131. The fourth-order valence-electron chi connectivity index (χ4n) is 1.40. The van der Waals surface area contributed by atoms with Gasteiger partial charge in [0.1, 0.15) is 0 Å². The number of carboxylic acids is 1. The predicted molar refractivity (Wildman–Crippen MR) is 49.5 cm³/mol. The lowest BCUT2D eigenvalue weighted by atomic mass is 10.3. The number of sulfone groups is 1. The van der Waals surface area contributed by atoms with Gasteiger partial charge in [0.2, 0.25) is 0 Å². The summed E-state index contributed by atoms with van der Waals surface area (Å²) >= 11 is 0. The molecule has 0 aromatic carbocycles. The number of ether oxygens (including phenoxy) is 1. The lowest BCUT2D eigenvalue weighted by Crippen LogP contribution is -2.26. The van der Waals surface area contributed by atoms with Crippen LogP contribution in [0.4, 0.5) is 0 Å². The van der Waals surface area contributed by atoms with E-state index in [1.807, 2.05) is 0 Å². The van der Waals surface area contributed by atoms with E-state index in [0.29, 0.717) is 19.1 Å². The number of carboxylic acid groups (broad SMARTS) is 1. The van der Waals surface area contributed by atoms with E-state index in [-0.39, 0.29) is 6.10 Å². The van der Waals surface area contributed by atoms with E-state index in [2.05, 4.69) is 0 Å². The summed E-state index contributed by atoms with van der Waals surface area (Å²) in [5.41, 5.74) is 0. The van der Waals surface area contributed by atoms with E-state index in [1.54, 1.807) is 6.92 Å². The first-order valence-electron chi connectivity index (χ1n) is 4.20. The zero-order chi connectivity index (χ0) is 10.8. The third kappa shape index (κ3) is 2.55. The highest BCUT2D eigenvalue weighted by Crippen LogP contribution is 2.21. The fraction of sp³-hybridized carbons (Fsp3) is 0.625. The lowest BCUT2D eigenvalue weighted by Gasteiger charge is -2.11. The molecular formula is C8H12O5S. The van der Waals surface area contributed by atoms with Gasteiger partial charge in [-0.2, -0.15) is 0 Å². The molecule has 1 heterocycles. The van der Waals surface area contributed by atoms with Gasteiger partial charge in [-0.3, -0.25) is 0 Å². The average molecular weight is 220 g/mol. The third-order valence-electron chi connectivity index (χ3n) is 2.13. The molecule has 0 aromatic heterocycles. The van der Waals surface area contributed by atoms with E-state index in [4.69, 9.17) is 9.84 Å². The van der Waals surface area contributed by atoms with Gasteiger partial charge in [-0.1, -0.05) is 0 Å². The molecule has 0 radical (unpaired) electrons. The summed E-state index contributed by atoms with van der Waals surface area (Å²) in [6.07, 6.45) is 0.701. The first-order chi connectivity index (χ1) is 6.43. The molecule has 1 aliphatic heterocycles. The Morgan fingerprint density at radius 3 is 2.64 bits per heavy atom. The minimum atomic E-state index is -3.49. The van der Waals surface area contributed by atoms with Crippen LogP contribution >= 0.6 is 0 Å². The summed E-state index contributed by atoms with van der Waals surface area (Å²) in [7, 11) is -3.49. The highest BCUT2D eigenvalue weighted by Gasteiger charge is 2.34. The molecule has 80 valence electrons. The van der Waals surface area contributed by atoms with Crippen LogP contribution in [0.2, 0.25) is 0 Å². The number of rotatable bonds is 3. The van der Waals surface area contributed by atoms with Gasteiger partial charge >= 0.3 is 5.97 Å². The Labute approximate surface area is 82.3 Å². The summed E-state index contributed by atoms with van der Waals surface area (Å²) in [5.74, 6) is -1.26. The zero-order valence-electron chi connectivity index (χ0n) is 7.71. The standard InChI is InChI=1S/C8H12O5S/c1-6-7(2-4-13-6)14(11,12)5-3-8(9)10/h3,5-7H,2,4H2,1H3,(H,9,10)/b5-3+. The summed E-state index contributed by atoms with van der Waals surface area (Å²) in [6.45, 7) is 2.08. The quantitative estimate of drug-likeness (QED) is 0.686. The minimum Gasteiger partial charge on any atom is -0.478 e. The van der Waals surface area contributed by atoms with Crippen molar-refractivity contribution < 1.29 is 23.1 Å². The van der Waals surface area contributed by atoms with E-state index >= 15 is 0 Å². The summed E-state index contributed by atoms with van der Waals surface area (Å²) in [6, 6.07) is 0. The monoisotopic (exact) mass is 220 g/mol. The first-order valence-corrected chi connectivity index (χ1v) is 5.81. The smallest absolute Gasteiger partial charge is 0.329 e. The highest BCUT2D eigenvalue weighted by atomic mass is 32.2. The van der Waals surface area contributed by atoms with Crippen LogP contribution in [-0.2, 0) is 19.4 Å². The molecule has 1 aliphatic rings. The van der Waals surface area contributed by atoms with Crippen LogP contribution < -0.4 is 0 Å². The van der Waals surface area contributed by atoms with Gasteiger partial charge in [0.05, 0.1) is 11.4 Å². The Balaban J connectivity index is 2.80. The largest absolute Gasteiger partial charge is 0.478 e. The summed E-state index contributed by atoms with van der Waals surface area (Å²) in [4.78, 5) is 10.2. The highest BCUT2D eigenvalue weighted by molar-refractivity contribution is 7.95. The molecule has 0 aliphatic carbocycles. The van der Waals surface area contributed by atoms with Gasteiger partial charge in [-0.25, -0.2) is 13.2 Å². The van der Waals surface area contributed by atoms with E-state index in [9.17, 15) is 13.2 Å². The maximum absolute atomic E-state index is 11.5.